The van der Waals surface area contributed by atoms with Crippen molar-refractivity contribution in [2.75, 3.05) is 50.1 Å². The summed E-state index contributed by atoms with van der Waals surface area (Å²) in [5.74, 6) is -2.21. The van der Waals surface area contributed by atoms with Crippen LogP contribution in [0.15, 0.2) is 164 Å². The van der Waals surface area contributed by atoms with Crippen molar-refractivity contribution in [2.45, 2.75) is 102 Å². The van der Waals surface area contributed by atoms with Gasteiger partial charge in [-0.15, -0.1) is 45.3 Å². The van der Waals surface area contributed by atoms with E-state index >= 15 is 0 Å². The average molecular weight is 2050 g/mol. The summed E-state index contributed by atoms with van der Waals surface area (Å²) in [5, 5.41) is 10.3. The Bertz CT molecular complexity index is 5550. The molecule has 0 amide bonds. The third-order valence-corrected chi connectivity index (χ3v) is 24.1. The van der Waals surface area contributed by atoms with Crippen molar-refractivity contribution in [1.29, 1.82) is 0 Å². The van der Waals surface area contributed by atoms with Gasteiger partial charge in [-0.2, -0.15) is 52.7 Å². The Kier molecular flexibility index (Phi) is 31.7. The first-order valence-corrected chi connectivity index (χ1v) is 42.8. The highest BCUT2D eigenvalue weighted by Gasteiger charge is 2.38. The Labute approximate surface area is 743 Å². The Morgan fingerprint density at radius 3 is 1.07 bits per heavy atom. The van der Waals surface area contributed by atoms with Gasteiger partial charge >= 0.3 is 48.6 Å². The van der Waals surface area contributed by atoms with Crippen molar-refractivity contribution in [2.24, 2.45) is 5.92 Å². The van der Waals surface area contributed by atoms with Gasteiger partial charge in [0.15, 0.2) is 20.5 Å². The zero-order valence-corrected chi connectivity index (χ0v) is 75.0. The lowest BCUT2D eigenvalue weighted by Gasteiger charge is -2.11. The molecule has 642 valence electrons. The zero-order valence-electron chi connectivity index (χ0n) is 64.7. The van der Waals surface area contributed by atoms with Gasteiger partial charge in [0, 0.05) is 84.4 Å². The molecular weight excluding hydrogens is 1980 g/mol. The SMILES string of the molecule is COC(=O)c1cc(C(F)(F)F)cnc1Cl.COC(=O)c1cc(C(F)(F)F)cnc1Nc1nc(-c2ccc(Br)cc2)c(C(C)C)s1.COC(=O)c1cc(C(F)(F)F)cnc1Nc1nc(-c2ccc(Br)cc2)c(C2CC2)s1.COC(=O)c1cc(C(F)(F)F)cnc1Nc1nc(-c2ccc(Br)cc2)c(CC(C)C)s1.Nc1nc(-c2ccc(Br)cc2)c(C2CC2)s1. The Balaban J connectivity index is 0.000000164. The van der Waals surface area contributed by atoms with Crippen LogP contribution in [-0.4, -0.2) is 92.2 Å². The van der Waals surface area contributed by atoms with E-state index in [2.05, 4.69) is 164 Å². The molecule has 8 heterocycles. The van der Waals surface area contributed by atoms with E-state index < -0.39 is 76.4 Å². The average Bonchev–Trinajstić information content (AvgIpc) is 1.22. The first-order chi connectivity index (χ1) is 57.5. The molecule has 0 bridgehead atoms. The lowest BCUT2D eigenvalue weighted by atomic mass is 10.1. The predicted molar refractivity (Wildman–Crippen MR) is 459 cm³/mol. The molecular formula is C81H67Br4ClF12N12O8S4. The summed E-state index contributed by atoms with van der Waals surface area (Å²) in [6.45, 7) is 8.22. The number of nitrogens with two attached hydrogens (primary N) is 1. The lowest BCUT2D eigenvalue weighted by Crippen LogP contribution is -2.12. The van der Waals surface area contributed by atoms with E-state index in [4.69, 9.17) is 17.3 Å². The molecule has 2 aliphatic carbocycles. The number of carbonyl (C=O) groups excluding carboxylic acids is 4. The number of nitrogens with one attached hydrogen (secondary N) is 3. The van der Waals surface area contributed by atoms with E-state index in [9.17, 15) is 71.9 Å². The number of hydrogen-bond donors (Lipinski definition) is 4. The summed E-state index contributed by atoms with van der Waals surface area (Å²) in [6.07, 6.45) is -10.4. The predicted octanol–water partition coefficient (Wildman–Crippen LogP) is 26.3. The van der Waals surface area contributed by atoms with E-state index in [1.807, 2.05) is 98.8 Å². The van der Waals surface area contributed by atoms with Crippen molar-refractivity contribution in [3.8, 4) is 45.0 Å². The van der Waals surface area contributed by atoms with Crippen LogP contribution in [-0.2, 0) is 50.1 Å². The van der Waals surface area contributed by atoms with Crippen molar-refractivity contribution in [3.05, 3.63) is 233 Å². The number of pyridine rings is 4. The molecule has 0 spiro atoms. The molecule has 20 nitrogen and oxygen atoms in total. The highest BCUT2D eigenvalue weighted by Crippen LogP contribution is 2.51. The van der Waals surface area contributed by atoms with E-state index in [1.165, 1.54) is 51.7 Å². The standard InChI is InChI=1S/C21H19BrF3N3O2S.C20H15BrF3N3O2S.C20H17BrF3N3O2S.C12H11BrN2S.C8H5ClF3NO2/c1-11(2)8-16-17(12-4-6-14(22)7-5-12)27-20(31-16)28-18-15(19(29)30-3)9-13(10-26-18)21(23,24)25;1-29-18(28)14-8-12(20(22,23)24)9-25-17(14)27-19-26-15(16(30-19)11-2-3-11)10-4-6-13(21)7-5-10;1-10(2)16-15(11-4-6-13(21)7-5-11)26-19(30-16)27-17-14(18(28)29-3)8-12(9-25-17)20(22,23)24;13-9-5-3-7(4-6-9)10-11(8-1-2-8)16-12(14)15-10;1-15-7(14)5-2-4(8(10,11)12)3-13-6(5)9/h4-7,9-11H,8H2,1-3H3,(H,26,27,28);4-9,11H,2-3H2,1H3,(H,25,26,27);4-10H,1-3H3,(H,25,26,27);3-6,8H,1-2H2,(H2,14,15);2-3H,1H3. The molecule has 0 saturated heterocycles. The van der Waals surface area contributed by atoms with Crippen molar-refractivity contribution < 1.29 is 90.8 Å². The number of nitrogen functional groups attached to an aromatic ring is 1. The van der Waals surface area contributed by atoms with Gasteiger partial charge in [-0.25, -0.2) is 59.0 Å². The molecule has 0 radical (unpaired) electrons. The van der Waals surface area contributed by atoms with Gasteiger partial charge in [0.25, 0.3) is 0 Å². The summed E-state index contributed by atoms with van der Waals surface area (Å²) in [6, 6.07) is 34.1. The molecule has 5 N–H and O–H groups in total. The van der Waals surface area contributed by atoms with Gasteiger partial charge in [-0.05, 0) is 129 Å². The third-order valence-electron chi connectivity index (χ3n) is 17.3. The number of carbonyl (C=O) groups is 4. The first kappa shape index (κ1) is 94.7. The van der Waals surface area contributed by atoms with E-state index in [0.717, 1.165) is 137 Å². The summed E-state index contributed by atoms with van der Waals surface area (Å²) in [5.41, 5.74) is 7.68. The molecule has 122 heavy (non-hydrogen) atoms. The van der Waals surface area contributed by atoms with Crippen molar-refractivity contribution in [3.63, 3.8) is 0 Å². The Morgan fingerprint density at radius 2 is 0.721 bits per heavy atom. The Hall–Kier alpha value is -9.55. The number of halogens is 17. The molecule has 2 saturated carbocycles. The van der Waals surface area contributed by atoms with Crippen LogP contribution in [0.5, 0.6) is 0 Å². The first-order valence-electron chi connectivity index (χ1n) is 35.9. The number of ether oxygens (including phenoxy) is 4. The molecule has 0 aliphatic heterocycles. The van der Waals surface area contributed by atoms with E-state index in [0.29, 0.717) is 75.2 Å². The van der Waals surface area contributed by atoms with Crippen LogP contribution < -0.4 is 21.7 Å². The van der Waals surface area contributed by atoms with Crippen LogP contribution in [0.25, 0.3) is 45.0 Å². The van der Waals surface area contributed by atoms with Crippen LogP contribution in [0.2, 0.25) is 5.15 Å². The van der Waals surface area contributed by atoms with Gasteiger partial charge in [0.05, 0.1) is 79.0 Å². The van der Waals surface area contributed by atoms with Gasteiger partial charge < -0.3 is 40.6 Å². The van der Waals surface area contributed by atoms with Crippen molar-refractivity contribution >= 4 is 183 Å². The van der Waals surface area contributed by atoms with E-state index in [-0.39, 0.29) is 45.2 Å². The van der Waals surface area contributed by atoms with Crippen LogP contribution in [0, 0.1) is 5.92 Å². The summed E-state index contributed by atoms with van der Waals surface area (Å²) in [7, 11) is 4.34. The number of thiazole rings is 4. The minimum Gasteiger partial charge on any atom is -0.465 e. The van der Waals surface area contributed by atoms with Crippen LogP contribution in [0.1, 0.15) is 154 Å². The third kappa shape index (κ3) is 25.4. The summed E-state index contributed by atoms with van der Waals surface area (Å²) in [4.78, 5) is 84.7. The van der Waals surface area contributed by atoms with Crippen LogP contribution in [0.4, 0.5) is 90.7 Å². The summed E-state index contributed by atoms with van der Waals surface area (Å²) >= 11 is 24.9. The maximum atomic E-state index is 13.1. The second kappa shape index (κ2) is 40.8. The highest BCUT2D eigenvalue weighted by molar-refractivity contribution is 9.11. The quantitative estimate of drug-likeness (QED) is 0.0253. The lowest BCUT2D eigenvalue weighted by molar-refractivity contribution is -0.138. The minimum atomic E-state index is -4.63. The molecule has 2 aliphatic rings. The van der Waals surface area contributed by atoms with Crippen molar-refractivity contribution in [1.82, 2.24) is 39.9 Å². The van der Waals surface area contributed by atoms with Crippen LogP contribution in [0.3, 0.4) is 0 Å². The molecule has 0 atom stereocenters. The number of esters is 4. The fourth-order valence-corrected chi connectivity index (χ4v) is 16.7. The molecule has 41 heteroatoms. The van der Waals surface area contributed by atoms with Gasteiger partial charge in [0.2, 0.25) is 0 Å². The minimum absolute atomic E-state index is 0.0340. The van der Waals surface area contributed by atoms with Gasteiger partial charge in [0.1, 0.15) is 39.3 Å². The molecule has 2 fully saturated rings. The highest BCUT2D eigenvalue weighted by atomic mass is 79.9. The van der Waals surface area contributed by atoms with Gasteiger partial charge in [-0.1, -0.05) is 152 Å². The maximum Gasteiger partial charge on any atom is 0.417 e. The molecule has 4 aromatic carbocycles. The second-order valence-electron chi connectivity index (χ2n) is 27.1. The Morgan fingerprint density at radius 1 is 0.426 bits per heavy atom. The fraction of sp³-hybridized carbons (Fsp3) is 0.259. The number of nitrogens with zero attached hydrogens (tertiary/aromatic N) is 8. The largest absolute Gasteiger partial charge is 0.465 e. The normalized spacial score (nSPS) is 12.6. The fourth-order valence-electron chi connectivity index (χ4n) is 11.1. The molecule has 14 rings (SSSR count). The maximum absolute atomic E-state index is 13.1. The number of aromatic nitrogens is 8. The number of anilines is 7. The molecule has 12 aromatic rings. The monoisotopic (exact) mass is 2040 g/mol. The number of methoxy groups -OCH3 is 4. The number of hydrogen-bond acceptors (Lipinski definition) is 24. The van der Waals surface area contributed by atoms with E-state index in [1.54, 1.807) is 11.3 Å². The number of rotatable bonds is 19. The topological polar surface area (TPSA) is 270 Å². The number of alkyl halides is 12. The van der Waals surface area contributed by atoms with Gasteiger partial charge in [-0.3, -0.25) is 0 Å². The molecule has 8 aromatic heterocycles. The second-order valence-corrected chi connectivity index (χ2v) is 35.3. The van der Waals surface area contributed by atoms with Crippen LogP contribution >= 0.6 is 121 Å². The zero-order chi connectivity index (χ0) is 89.0. The number of benzene rings is 4. The molecule has 0 unspecified atom stereocenters. The summed E-state index contributed by atoms with van der Waals surface area (Å²) < 4.78 is 176. The smallest absolute Gasteiger partial charge is 0.417 e.